The summed E-state index contributed by atoms with van der Waals surface area (Å²) in [5, 5.41) is 9.08. The summed E-state index contributed by atoms with van der Waals surface area (Å²) in [7, 11) is 0. The number of furan rings is 1. The van der Waals surface area contributed by atoms with E-state index in [1.165, 1.54) is 6.26 Å². The smallest absolute Gasteiger partial charge is 0.308 e. The Morgan fingerprint density at radius 3 is 2.72 bits per heavy atom. The van der Waals surface area contributed by atoms with Gasteiger partial charge in [0.2, 0.25) is 0 Å². The van der Waals surface area contributed by atoms with Gasteiger partial charge in [-0.1, -0.05) is 6.92 Å². The van der Waals surface area contributed by atoms with E-state index in [0.29, 0.717) is 24.3 Å². The Labute approximate surface area is 105 Å². The van der Waals surface area contributed by atoms with Gasteiger partial charge in [-0.3, -0.25) is 9.59 Å². The van der Waals surface area contributed by atoms with Gasteiger partial charge in [-0.05, 0) is 25.3 Å². The van der Waals surface area contributed by atoms with Crippen molar-refractivity contribution in [1.82, 2.24) is 4.90 Å². The highest BCUT2D eigenvalue weighted by Crippen LogP contribution is 2.24. The largest absolute Gasteiger partial charge is 0.481 e. The highest BCUT2D eigenvalue weighted by atomic mass is 16.4. The van der Waals surface area contributed by atoms with Crippen LogP contribution in [0.1, 0.15) is 29.5 Å². The molecule has 18 heavy (non-hydrogen) atoms. The zero-order chi connectivity index (χ0) is 13.3. The Kier molecular flexibility index (Phi) is 3.41. The number of likely N-dealkylation sites (tertiary alicyclic amines) is 1. The number of carboxylic acids is 1. The van der Waals surface area contributed by atoms with Gasteiger partial charge < -0.3 is 14.4 Å². The molecule has 5 heteroatoms. The lowest BCUT2D eigenvalue weighted by molar-refractivity contribution is -0.143. The van der Waals surface area contributed by atoms with Crippen LogP contribution in [0.4, 0.5) is 0 Å². The van der Waals surface area contributed by atoms with Crippen molar-refractivity contribution in [2.24, 2.45) is 11.8 Å². The maximum absolute atomic E-state index is 12.3. The van der Waals surface area contributed by atoms with Crippen LogP contribution in [0.15, 0.2) is 16.7 Å². The molecule has 98 valence electrons. The third kappa shape index (κ3) is 2.39. The Morgan fingerprint density at radius 2 is 2.17 bits per heavy atom. The van der Waals surface area contributed by atoms with E-state index < -0.39 is 11.9 Å². The average Bonchev–Trinajstić information content (AvgIpc) is 2.73. The van der Waals surface area contributed by atoms with Crippen molar-refractivity contribution in [3.8, 4) is 0 Å². The number of piperidine rings is 1. The van der Waals surface area contributed by atoms with E-state index in [0.717, 1.165) is 0 Å². The van der Waals surface area contributed by atoms with E-state index in [9.17, 15) is 9.59 Å². The number of hydrogen-bond donors (Lipinski definition) is 1. The normalized spacial score (nSPS) is 24.0. The first-order valence-electron chi connectivity index (χ1n) is 6.05. The Balaban J connectivity index is 2.15. The first-order chi connectivity index (χ1) is 8.49. The van der Waals surface area contributed by atoms with Crippen LogP contribution in [0.25, 0.3) is 0 Å². The number of carbonyl (C=O) groups excluding carboxylic acids is 1. The zero-order valence-corrected chi connectivity index (χ0v) is 10.5. The van der Waals surface area contributed by atoms with E-state index in [2.05, 4.69) is 0 Å². The molecule has 0 aliphatic carbocycles. The molecular weight excluding hydrogens is 234 g/mol. The molecule has 1 aromatic rings. The number of amides is 1. The second-order valence-electron chi connectivity index (χ2n) is 4.98. The minimum atomic E-state index is -0.830. The van der Waals surface area contributed by atoms with Gasteiger partial charge in [0.05, 0.1) is 17.7 Å². The number of carbonyl (C=O) groups is 2. The van der Waals surface area contributed by atoms with Gasteiger partial charge in [-0.25, -0.2) is 0 Å². The molecule has 2 rings (SSSR count). The van der Waals surface area contributed by atoms with Gasteiger partial charge in [0.15, 0.2) is 0 Å². The molecule has 1 aromatic heterocycles. The predicted molar refractivity (Wildman–Crippen MR) is 64.3 cm³/mol. The minimum Gasteiger partial charge on any atom is -0.481 e. The first-order valence-corrected chi connectivity index (χ1v) is 6.05. The lowest BCUT2D eigenvalue weighted by Crippen LogP contribution is -2.45. The van der Waals surface area contributed by atoms with Gasteiger partial charge in [0, 0.05) is 13.1 Å². The quantitative estimate of drug-likeness (QED) is 0.869. The minimum absolute atomic E-state index is 0.140. The van der Waals surface area contributed by atoms with Crippen molar-refractivity contribution in [1.29, 1.82) is 0 Å². The summed E-state index contributed by atoms with van der Waals surface area (Å²) in [5.41, 5.74) is 0.522. The number of carboxylic acid groups (broad SMARTS) is 1. The van der Waals surface area contributed by atoms with Crippen molar-refractivity contribution in [3.63, 3.8) is 0 Å². The molecule has 1 fully saturated rings. The Bertz CT molecular complexity index is 465. The van der Waals surface area contributed by atoms with E-state index in [1.54, 1.807) is 17.9 Å². The number of rotatable bonds is 2. The van der Waals surface area contributed by atoms with E-state index in [-0.39, 0.29) is 18.4 Å². The van der Waals surface area contributed by atoms with E-state index in [4.69, 9.17) is 9.52 Å². The topological polar surface area (TPSA) is 70.8 Å². The molecule has 5 nitrogen and oxygen atoms in total. The third-order valence-corrected chi connectivity index (χ3v) is 3.39. The lowest BCUT2D eigenvalue weighted by atomic mass is 9.90. The predicted octanol–water partition coefficient (Wildman–Crippen LogP) is 1.77. The highest BCUT2D eigenvalue weighted by Gasteiger charge is 2.32. The van der Waals surface area contributed by atoms with Gasteiger partial charge >= 0.3 is 5.97 Å². The zero-order valence-electron chi connectivity index (χ0n) is 10.5. The number of nitrogens with zero attached hydrogens (tertiary/aromatic N) is 1. The number of aliphatic carboxylic acids is 1. The monoisotopic (exact) mass is 251 g/mol. The Morgan fingerprint density at radius 1 is 1.44 bits per heavy atom. The standard InChI is InChI=1S/C13H17NO4/c1-8-5-10(13(16)17)7-14(6-8)12(15)11-3-4-18-9(11)2/h3-4,8,10H,5-7H2,1-2H3,(H,16,17). The summed E-state index contributed by atoms with van der Waals surface area (Å²) in [6.45, 7) is 4.59. The SMILES string of the molecule is Cc1occc1C(=O)N1CC(C)CC(C(=O)O)C1. The van der Waals surface area contributed by atoms with E-state index >= 15 is 0 Å². The number of hydrogen-bond acceptors (Lipinski definition) is 3. The molecule has 0 radical (unpaired) electrons. The molecule has 1 aliphatic heterocycles. The molecular formula is C13H17NO4. The summed E-state index contributed by atoms with van der Waals surface area (Å²) < 4.78 is 5.11. The fourth-order valence-corrected chi connectivity index (χ4v) is 2.47. The molecule has 1 N–H and O–H groups in total. The van der Waals surface area contributed by atoms with E-state index in [1.807, 2.05) is 6.92 Å². The summed E-state index contributed by atoms with van der Waals surface area (Å²) >= 11 is 0. The fourth-order valence-electron chi connectivity index (χ4n) is 2.47. The molecule has 0 bridgehead atoms. The fraction of sp³-hybridized carbons (Fsp3) is 0.538. The van der Waals surface area contributed by atoms with Crippen molar-refractivity contribution < 1.29 is 19.1 Å². The molecule has 1 saturated heterocycles. The van der Waals surface area contributed by atoms with Crippen molar-refractivity contribution in [3.05, 3.63) is 23.7 Å². The number of aryl methyl sites for hydroxylation is 1. The van der Waals surface area contributed by atoms with Crippen LogP contribution < -0.4 is 0 Å². The van der Waals surface area contributed by atoms with Crippen molar-refractivity contribution in [2.45, 2.75) is 20.3 Å². The van der Waals surface area contributed by atoms with Crippen LogP contribution in [0, 0.1) is 18.8 Å². The molecule has 1 amide bonds. The Hall–Kier alpha value is -1.78. The van der Waals surface area contributed by atoms with Gasteiger partial charge in [0.25, 0.3) is 5.91 Å². The maximum atomic E-state index is 12.3. The van der Waals surface area contributed by atoms with Crippen LogP contribution in [0.5, 0.6) is 0 Å². The van der Waals surface area contributed by atoms with Crippen LogP contribution in [-0.4, -0.2) is 35.0 Å². The third-order valence-electron chi connectivity index (χ3n) is 3.39. The van der Waals surface area contributed by atoms with Crippen molar-refractivity contribution in [2.75, 3.05) is 13.1 Å². The summed E-state index contributed by atoms with van der Waals surface area (Å²) in [5.74, 6) is -0.659. The first kappa shape index (κ1) is 12.7. The highest BCUT2D eigenvalue weighted by molar-refractivity contribution is 5.95. The summed E-state index contributed by atoms with van der Waals surface area (Å²) in [6.07, 6.45) is 2.11. The average molecular weight is 251 g/mol. The molecule has 0 spiro atoms. The van der Waals surface area contributed by atoms with Crippen LogP contribution in [0.3, 0.4) is 0 Å². The van der Waals surface area contributed by atoms with Gasteiger partial charge in [-0.2, -0.15) is 0 Å². The maximum Gasteiger partial charge on any atom is 0.308 e. The second-order valence-corrected chi connectivity index (χ2v) is 4.98. The molecule has 1 aliphatic rings. The summed E-state index contributed by atoms with van der Waals surface area (Å²) in [4.78, 5) is 24.9. The van der Waals surface area contributed by atoms with Gasteiger partial charge in [-0.15, -0.1) is 0 Å². The second kappa shape index (κ2) is 4.84. The van der Waals surface area contributed by atoms with Crippen molar-refractivity contribution >= 4 is 11.9 Å². The van der Waals surface area contributed by atoms with Gasteiger partial charge in [0.1, 0.15) is 5.76 Å². The van der Waals surface area contributed by atoms with Crippen LogP contribution in [-0.2, 0) is 4.79 Å². The van der Waals surface area contributed by atoms with Crippen LogP contribution in [0.2, 0.25) is 0 Å². The molecule has 2 heterocycles. The lowest BCUT2D eigenvalue weighted by Gasteiger charge is -2.34. The molecule has 0 aromatic carbocycles. The molecule has 2 atom stereocenters. The summed E-state index contributed by atoms with van der Waals surface area (Å²) in [6, 6.07) is 1.63. The molecule has 2 unspecified atom stereocenters. The van der Waals surface area contributed by atoms with Crippen LogP contribution >= 0.6 is 0 Å². The molecule has 0 saturated carbocycles.